The first-order valence-electron chi connectivity index (χ1n) is 8.85. The van der Waals surface area contributed by atoms with Gasteiger partial charge in [-0.2, -0.15) is 0 Å². The van der Waals surface area contributed by atoms with Gasteiger partial charge in [-0.1, -0.05) is 13.0 Å². The zero-order valence-electron chi connectivity index (χ0n) is 14.6. The predicted molar refractivity (Wildman–Crippen MR) is 106 cm³/mol. The molecular weight excluding hydrogens is 342 g/mol. The highest BCUT2D eigenvalue weighted by molar-refractivity contribution is 7.80. The Labute approximate surface area is 158 Å². The largest absolute Gasteiger partial charge is 0.352 e. The maximum atomic E-state index is 5.66. The minimum absolute atomic E-state index is 0.0192. The summed E-state index contributed by atoms with van der Waals surface area (Å²) >= 11 is 5.66. The third kappa shape index (κ3) is 2.97. The molecule has 1 N–H and O–H groups in total. The summed E-state index contributed by atoms with van der Waals surface area (Å²) in [5.41, 5.74) is 3.28. The van der Waals surface area contributed by atoms with Crippen molar-refractivity contribution in [2.24, 2.45) is 0 Å². The summed E-state index contributed by atoms with van der Waals surface area (Å²) < 4.78 is 2.21. The number of aromatic nitrogens is 3. The number of thiocarbonyl (C=S) groups is 1. The smallest absolute Gasteiger partial charge is 0.170 e. The SMILES string of the molecule is CCCN1C(=S)N[C@@H](c2ccccn2)[C@H]1c1cccn1-c1ccncc1. The molecule has 0 amide bonds. The van der Waals surface area contributed by atoms with Gasteiger partial charge in [0, 0.05) is 42.7 Å². The molecule has 26 heavy (non-hydrogen) atoms. The van der Waals surface area contributed by atoms with Crippen LogP contribution in [0.15, 0.2) is 67.3 Å². The number of pyridine rings is 2. The molecule has 1 aliphatic heterocycles. The van der Waals surface area contributed by atoms with Crippen LogP contribution in [0.2, 0.25) is 0 Å². The van der Waals surface area contributed by atoms with E-state index in [0.717, 1.165) is 29.5 Å². The summed E-state index contributed by atoms with van der Waals surface area (Å²) in [6.07, 6.45) is 8.59. The first-order chi connectivity index (χ1) is 12.8. The topological polar surface area (TPSA) is 46.0 Å². The van der Waals surface area contributed by atoms with Crippen molar-refractivity contribution < 1.29 is 0 Å². The van der Waals surface area contributed by atoms with Gasteiger partial charge in [0.05, 0.1) is 17.8 Å². The lowest BCUT2D eigenvalue weighted by Crippen LogP contribution is -2.31. The van der Waals surface area contributed by atoms with E-state index in [-0.39, 0.29) is 12.1 Å². The number of rotatable bonds is 5. The monoisotopic (exact) mass is 363 g/mol. The lowest BCUT2D eigenvalue weighted by Gasteiger charge is -2.28. The summed E-state index contributed by atoms with van der Waals surface area (Å²) in [6.45, 7) is 3.08. The van der Waals surface area contributed by atoms with Crippen LogP contribution in [0.4, 0.5) is 0 Å². The van der Waals surface area contributed by atoms with Crippen molar-refractivity contribution in [3.05, 3.63) is 78.6 Å². The van der Waals surface area contributed by atoms with Gasteiger partial charge in [-0.25, -0.2) is 0 Å². The van der Waals surface area contributed by atoms with Crippen LogP contribution in [-0.2, 0) is 0 Å². The Kier molecular flexibility index (Phi) is 4.67. The molecule has 1 fully saturated rings. The molecule has 4 heterocycles. The van der Waals surface area contributed by atoms with E-state index >= 15 is 0 Å². The highest BCUT2D eigenvalue weighted by Crippen LogP contribution is 2.39. The third-order valence-electron chi connectivity index (χ3n) is 4.69. The van der Waals surface area contributed by atoms with Crippen LogP contribution in [0, 0.1) is 0 Å². The highest BCUT2D eigenvalue weighted by Gasteiger charge is 2.40. The molecule has 0 spiro atoms. The minimum atomic E-state index is 0.0192. The van der Waals surface area contributed by atoms with Gasteiger partial charge in [0.2, 0.25) is 0 Å². The zero-order valence-corrected chi connectivity index (χ0v) is 15.4. The maximum Gasteiger partial charge on any atom is 0.170 e. The standard InChI is InChI=1S/C20H21N5S/c1-2-13-25-19(18(23-20(25)26)16-6-3-4-10-22-16)17-7-5-14-24(17)15-8-11-21-12-9-15/h3-12,14,18-19H,2,13H2,1H3,(H,23,26)/t18-,19+/m0/s1. The molecule has 3 aromatic rings. The lowest BCUT2D eigenvalue weighted by molar-refractivity contribution is 0.309. The molecule has 1 aliphatic rings. The lowest BCUT2D eigenvalue weighted by atomic mass is 10.0. The Morgan fingerprint density at radius 2 is 1.92 bits per heavy atom. The number of nitrogens with one attached hydrogen (secondary N) is 1. The van der Waals surface area contributed by atoms with E-state index < -0.39 is 0 Å². The molecule has 1 saturated heterocycles. The average molecular weight is 363 g/mol. The van der Waals surface area contributed by atoms with E-state index in [9.17, 15) is 0 Å². The Morgan fingerprint density at radius 1 is 1.08 bits per heavy atom. The fourth-order valence-corrected chi connectivity index (χ4v) is 3.92. The fourth-order valence-electron chi connectivity index (χ4n) is 3.58. The first kappa shape index (κ1) is 16.7. The third-order valence-corrected chi connectivity index (χ3v) is 5.04. The molecule has 2 atom stereocenters. The Bertz CT molecular complexity index is 877. The van der Waals surface area contributed by atoms with Crippen LogP contribution in [0.1, 0.15) is 36.8 Å². The van der Waals surface area contributed by atoms with Crippen molar-refractivity contribution in [3.63, 3.8) is 0 Å². The maximum absolute atomic E-state index is 5.66. The van der Waals surface area contributed by atoms with Crippen molar-refractivity contribution in [2.75, 3.05) is 6.54 Å². The van der Waals surface area contributed by atoms with Crippen molar-refractivity contribution in [3.8, 4) is 5.69 Å². The normalized spacial score (nSPS) is 19.6. The minimum Gasteiger partial charge on any atom is -0.352 e. The number of hydrogen-bond donors (Lipinski definition) is 1. The Hall–Kier alpha value is -2.73. The van der Waals surface area contributed by atoms with Gasteiger partial charge < -0.3 is 14.8 Å². The molecule has 5 nitrogen and oxygen atoms in total. The summed E-state index contributed by atoms with van der Waals surface area (Å²) in [7, 11) is 0. The molecule has 0 saturated carbocycles. The quantitative estimate of drug-likeness (QED) is 0.701. The predicted octanol–water partition coefficient (Wildman–Crippen LogP) is 3.65. The number of hydrogen-bond acceptors (Lipinski definition) is 3. The van der Waals surface area contributed by atoms with Crippen molar-refractivity contribution in [1.82, 2.24) is 24.8 Å². The molecule has 0 unspecified atom stereocenters. The van der Waals surface area contributed by atoms with Gasteiger partial charge in [0.1, 0.15) is 0 Å². The van der Waals surface area contributed by atoms with Crippen LogP contribution in [0.25, 0.3) is 5.69 Å². The van der Waals surface area contributed by atoms with E-state index in [4.69, 9.17) is 12.2 Å². The van der Waals surface area contributed by atoms with Gasteiger partial charge in [-0.3, -0.25) is 9.97 Å². The van der Waals surface area contributed by atoms with E-state index in [1.807, 2.05) is 42.9 Å². The molecule has 132 valence electrons. The molecule has 3 aromatic heterocycles. The van der Waals surface area contributed by atoms with Gasteiger partial charge in [-0.15, -0.1) is 0 Å². The molecule has 6 heteroatoms. The van der Waals surface area contributed by atoms with Gasteiger partial charge in [0.25, 0.3) is 0 Å². The second kappa shape index (κ2) is 7.25. The molecule has 0 aliphatic carbocycles. The molecule has 0 bridgehead atoms. The van der Waals surface area contributed by atoms with Crippen LogP contribution in [0.3, 0.4) is 0 Å². The van der Waals surface area contributed by atoms with E-state index in [2.05, 4.69) is 56.1 Å². The summed E-state index contributed by atoms with van der Waals surface area (Å²) in [5.74, 6) is 0. The second-order valence-corrected chi connectivity index (χ2v) is 6.72. The van der Waals surface area contributed by atoms with Crippen LogP contribution in [0.5, 0.6) is 0 Å². The molecule has 0 radical (unpaired) electrons. The highest BCUT2D eigenvalue weighted by atomic mass is 32.1. The van der Waals surface area contributed by atoms with Crippen molar-refractivity contribution in [1.29, 1.82) is 0 Å². The summed E-state index contributed by atoms with van der Waals surface area (Å²) in [4.78, 5) is 11.0. The first-order valence-corrected chi connectivity index (χ1v) is 9.26. The van der Waals surface area contributed by atoms with Crippen molar-refractivity contribution in [2.45, 2.75) is 25.4 Å². The van der Waals surface area contributed by atoms with Crippen LogP contribution in [-0.4, -0.2) is 31.1 Å². The van der Waals surface area contributed by atoms with E-state index in [1.54, 1.807) is 0 Å². The van der Waals surface area contributed by atoms with Gasteiger partial charge in [0.15, 0.2) is 5.11 Å². The van der Waals surface area contributed by atoms with Gasteiger partial charge >= 0.3 is 0 Å². The molecule has 4 rings (SSSR count). The zero-order chi connectivity index (χ0) is 17.9. The van der Waals surface area contributed by atoms with Crippen molar-refractivity contribution >= 4 is 17.3 Å². The Balaban J connectivity index is 1.81. The second-order valence-electron chi connectivity index (χ2n) is 6.33. The van der Waals surface area contributed by atoms with Gasteiger partial charge in [-0.05, 0) is 55.0 Å². The van der Waals surface area contributed by atoms with E-state index in [1.165, 1.54) is 5.69 Å². The van der Waals surface area contributed by atoms with E-state index in [0.29, 0.717) is 0 Å². The fraction of sp³-hybridized carbons (Fsp3) is 0.250. The van der Waals surface area contributed by atoms with Crippen LogP contribution < -0.4 is 5.32 Å². The molecule has 0 aromatic carbocycles. The Morgan fingerprint density at radius 3 is 2.65 bits per heavy atom. The molecular formula is C20H21N5S. The number of nitrogens with zero attached hydrogens (tertiary/aromatic N) is 4. The summed E-state index contributed by atoms with van der Waals surface area (Å²) in [5, 5.41) is 4.28. The average Bonchev–Trinajstić information content (AvgIpc) is 3.28. The summed E-state index contributed by atoms with van der Waals surface area (Å²) in [6, 6.07) is 14.4. The van der Waals surface area contributed by atoms with Crippen LogP contribution >= 0.6 is 12.2 Å².